The highest BCUT2D eigenvalue weighted by Gasteiger charge is 2.29. The van der Waals surface area contributed by atoms with Gasteiger partial charge in [-0.2, -0.15) is 0 Å². The molecule has 0 aliphatic carbocycles. The number of carbonyl (C=O) groups is 1. The number of nitrogens with one attached hydrogen (secondary N) is 3. The molecule has 39 heavy (non-hydrogen) atoms. The molecule has 8 nitrogen and oxygen atoms in total. The molecule has 3 aromatic rings. The highest BCUT2D eigenvalue weighted by molar-refractivity contribution is 7.93. The van der Waals surface area contributed by atoms with Crippen LogP contribution in [0.5, 0.6) is 0 Å². The van der Waals surface area contributed by atoms with E-state index in [1.54, 1.807) is 32.0 Å². The minimum Gasteiger partial charge on any atom is -0.354 e. The third kappa shape index (κ3) is 6.16. The molecule has 1 saturated heterocycles. The van der Waals surface area contributed by atoms with Crippen molar-refractivity contribution >= 4 is 44.3 Å². The molecule has 2 aliphatic heterocycles. The Bertz CT molecular complexity index is 1480. The van der Waals surface area contributed by atoms with E-state index in [0.717, 1.165) is 44.0 Å². The first-order valence-electron chi connectivity index (χ1n) is 13.2. The van der Waals surface area contributed by atoms with Crippen LogP contribution in [0.25, 0.3) is 11.3 Å². The maximum Gasteiger partial charge on any atom is 0.258 e. The molecule has 0 atom stereocenters. The first-order valence-corrected chi connectivity index (χ1v) is 14.8. The number of nitrogens with zero attached hydrogens (tertiary/aromatic N) is 2. The zero-order chi connectivity index (χ0) is 27.6. The molecule has 0 saturated carbocycles. The summed E-state index contributed by atoms with van der Waals surface area (Å²) in [5, 5.41) is 5.84. The number of rotatable bonds is 8. The third-order valence-electron chi connectivity index (χ3n) is 7.18. The zero-order valence-corrected chi connectivity index (χ0v) is 23.4. The van der Waals surface area contributed by atoms with Gasteiger partial charge in [0.1, 0.15) is 0 Å². The van der Waals surface area contributed by atoms with E-state index < -0.39 is 15.3 Å². The van der Waals surface area contributed by atoms with Crippen LogP contribution in [0.2, 0.25) is 0 Å². The topological polar surface area (TPSA) is 93.8 Å². The molecule has 0 unspecified atom stereocenters. The summed E-state index contributed by atoms with van der Waals surface area (Å²) in [6.07, 6.45) is 0. The molecule has 2 heterocycles. The van der Waals surface area contributed by atoms with Gasteiger partial charge in [0.05, 0.1) is 16.5 Å². The molecule has 3 aromatic carbocycles. The number of benzene rings is 3. The molecule has 1 fully saturated rings. The molecular formula is C30H35N5O3S. The standard InChI is InChI=1S/C30H35N5O3S/c1-21(2)39(37,38)33-25-13-14-27-26(19-25)28(30(36)32-27)29(23-7-5-4-6-8-23)31-24-11-9-22(10-12-24)20-35-17-15-34(3)16-18-35/h4-14,19,21,31,33H,15-18,20H2,1-3H3,(H,32,36)/b29-28+. The van der Waals surface area contributed by atoms with Gasteiger partial charge < -0.3 is 15.5 Å². The molecule has 0 radical (unpaired) electrons. The number of hydrogen-bond donors (Lipinski definition) is 3. The Morgan fingerprint density at radius 2 is 1.59 bits per heavy atom. The Balaban J connectivity index is 1.47. The van der Waals surface area contributed by atoms with E-state index in [1.165, 1.54) is 5.56 Å². The number of carbonyl (C=O) groups excluding carboxylic acids is 1. The van der Waals surface area contributed by atoms with E-state index in [0.29, 0.717) is 28.2 Å². The predicted molar refractivity (Wildman–Crippen MR) is 159 cm³/mol. The monoisotopic (exact) mass is 545 g/mol. The van der Waals surface area contributed by atoms with Crippen LogP contribution in [-0.2, 0) is 21.4 Å². The second-order valence-electron chi connectivity index (χ2n) is 10.4. The number of fused-ring (bicyclic) bond motifs is 1. The van der Waals surface area contributed by atoms with Crippen molar-refractivity contribution in [2.45, 2.75) is 25.6 Å². The van der Waals surface area contributed by atoms with Crippen molar-refractivity contribution in [1.82, 2.24) is 9.80 Å². The van der Waals surface area contributed by atoms with Gasteiger partial charge in [-0.1, -0.05) is 42.5 Å². The van der Waals surface area contributed by atoms with Crippen LogP contribution in [0.1, 0.15) is 30.5 Å². The largest absolute Gasteiger partial charge is 0.354 e. The van der Waals surface area contributed by atoms with Gasteiger partial charge in [0, 0.05) is 55.3 Å². The van der Waals surface area contributed by atoms with E-state index in [1.807, 2.05) is 42.5 Å². The fraction of sp³-hybridized carbons (Fsp3) is 0.300. The van der Waals surface area contributed by atoms with E-state index in [9.17, 15) is 13.2 Å². The van der Waals surface area contributed by atoms with Gasteiger partial charge >= 0.3 is 0 Å². The first kappa shape index (κ1) is 26.9. The van der Waals surface area contributed by atoms with Gasteiger partial charge in [-0.3, -0.25) is 14.4 Å². The maximum atomic E-state index is 13.3. The fourth-order valence-corrected chi connectivity index (χ4v) is 5.44. The summed E-state index contributed by atoms with van der Waals surface area (Å²) in [7, 11) is -1.37. The molecule has 0 aromatic heterocycles. The lowest BCUT2D eigenvalue weighted by atomic mass is 9.99. The van der Waals surface area contributed by atoms with Crippen molar-refractivity contribution in [3.63, 3.8) is 0 Å². The van der Waals surface area contributed by atoms with E-state index in [-0.39, 0.29) is 5.91 Å². The average Bonchev–Trinajstić information content (AvgIpc) is 3.24. The van der Waals surface area contributed by atoms with Crippen molar-refractivity contribution < 1.29 is 13.2 Å². The summed E-state index contributed by atoms with van der Waals surface area (Å²) in [6, 6.07) is 23.1. The third-order valence-corrected chi connectivity index (χ3v) is 8.94. The van der Waals surface area contributed by atoms with Gasteiger partial charge in [-0.15, -0.1) is 0 Å². The summed E-state index contributed by atoms with van der Waals surface area (Å²) >= 11 is 0. The lowest BCUT2D eigenvalue weighted by Crippen LogP contribution is -2.43. The Morgan fingerprint density at radius 3 is 2.26 bits per heavy atom. The van der Waals surface area contributed by atoms with Crippen LogP contribution in [0.4, 0.5) is 17.1 Å². The number of hydrogen-bond acceptors (Lipinski definition) is 6. The molecule has 5 rings (SSSR count). The van der Waals surface area contributed by atoms with Crippen molar-refractivity contribution in [3.8, 4) is 0 Å². The number of sulfonamides is 1. The van der Waals surface area contributed by atoms with Gasteiger partial charge in [0.25, 0.3) is 5.91 Å². The molecule has 9 heteroatoms. The van der Waals surface area contributed by atoms with Crippen LogP contribution >= 0.6 is 0 Å². The molecule has 204 valence electrons. The van der Waals surface area contributed by atoms with Crippen LogP contribution in [-0.4, -0.2) is 62.6 Å². The normalized spacial score (nSPS) is 17.6. The zero-order valence-electron chi connectivity index (χ0n) is 22.6. The van der Waals surface area contributed by atoms with Gasteiger partial charge in [-0.05, 0) is 62.4 Å². The van der Waals surface area contributed by atoms with Crippen LogP contribution < -0.4 is 15.4 Å². The Labute approximate surface area is 230 Å². The molecular weight excluding hydrogens is 510 g/mol. The van der Waals surface area contributed by atoms with Crippen molar-refractivity contribution in [2.75, 3.05) is 48.6 Å². The van der Waals surface area contributed by atoms with Gasteiger partial charge in [-0.25, -0.2) is 8.42 Å². The minimum atomic E-state index is -3.53. The van der Waals surface area contributed by atoms with Crippen LogP contribution in [0, 0.1) is 0 Å². The maximum absolute atomic E-state index is 13.3. The minimum absolute atomic E-state index is 0.244. The van der Waals surface area contributed by atoms with E-state index in [4.69, 9.17) is 0 Å². The number of piperazine rings is 1. The SMILES string of the molecule is CC(C)S(=O)(=O)Nc1ccc2c(c1)/C(=C(\Nc1ccc(CN3CCN(C)CC3)cc1)c1ccccc1)C(=O)N2. The molecule has 2 aliphatic rings. The summed E-state index contributed by atoms with van der Waals surface area (Å²) < 4.78 is 27.6. The molecule has 3 N–H and O–H groups in total. The summed E-state index contributed by atoms with van der Waals surface area (Å²) in [6.45, 7) is 8.44. The first-order chi connectivity index (χ1) is 18.7. The highest BCUT2D eigenvalue weighted by Crippen LogP contribution is 2.39. The Hall–Kier alpha value is -3.66. The second kappa shape index (κ2) is 11.2. The molecule has 1 amide bonds. The van der Waals surface area contributed by atoms with E-state index >= 15 is 0 Å². The molecule has 0 bridgehead atoms. The fourth-order valence-electron chi connectivity index (χ4n) is 4.75. The molecule has 0 spiro atoms. The van der Waals surface area contributed by atoms with Crippen molar-refractivity contribution in [3.05, 3.63) is 89.5 Å². The predicted octanol–water partition coefficient (Wildman–Crippen LogP) is 4.52. The average molecular weight is 546 g/mol. The summed E-state index contributed by atoms with van der Waals surface area (Å²) in [4.78, 5) is 18.1. The van der Waals surface area contributed by atoms with E-state index in [2.05, 4.69) is 44.3 Å². The highest BCUT2D eigenvalue weighted by atomic mass is 32.2. The van der Waals surface area contributed by atoms with Gasteiger partial charge in [0.15, 0.2) is 0 Å². The quantitative estimate of drug-likeness (QED) is 0.361. The lowest BCUT2D eigenvalue weighted by Gasteiger charge is -2.32. The van der Waals surface area contributed by atoms with Crippen molar-refractivity contribution in [1.29, 1.82) is 0 Å². The number of anilines is 3. The van der Waals surface area contributed by atoms with Crippen LogP contribution in [0.15, 0.2) is 72.8 Å². The smallest absolute Gasteiger partial charge is 0.258 e. The van der Waals surface area contributed by atoms with Crippen molar-refractivity contribution in [2.24, 2.45) is 0 Å². The Kier molecular flexibility index (Phi) is 7.74. The number of amides is 1. The second-order valence-corrected chi connectivity index (χ2v) is 12.7. The summed E-state index contributed by atoms with van der Waals surface area (Å²) in [5.41, 5.74) is 5.77. The summed E-state index contributed by atoms with van der Waals surface area (Å²) in [5.74, 6) is -0.244. The Morgan fingerprint density at radius 1 is 0.923 bits per heavy atom. The van der Waals surface area contributed by atoms with Gasteiger partial charge in [0.2, 0.25) is 10.0 Å². The lowest BCUT2D eigenvalue weighted by molar-refractivity contribution is -0.110. The van der Waals surface area contributed by atoms with Crippen LogP contribution in [0.3, 0.4) is 0 Å². The number of likely N-dealkylation sites (N-methyl/N-ethyl adjacent to an activating group) is 1.